The molecule has 10 heteroatoms. The number of nitrogens with zero attached hydrogens (tertiary/aromatic N) is 4. The predicted octanol–water partition coefficient (Wildman–Crippen LogP) is 2.12. The lowest BCUT2D eigenvalue weighted by molar-refractivity contribution is -0.137. The summed E-state index contributed by atoms with van der Waals surface area (Å²) in [5.74, 6) is 1.55. The number of piperazine rings is 2. The van der Waals surface area contributed by atoms with E-state index in [0.717, 1.165) is 136 Å². The van der Waals surface area contributed by atoms with Gasteiger partial charge < -0.3 is 25.8 Å². The van der Waals surface area contributed by atoms with Crippen LogP contribution in [-0.4, -0.2) is 135 Å². The number of rotatable bonds is 9. The van der Waals surface area contributed by atoms with Crippen molar-refractivity contribution in [2.24, 2.45) is 11.8 Å². The summed E-state index contributed by atoms with van der Waals surface area (Å²) in [6.45, 7) is 12.3. The molecule has 2 atom stereocenters. The van der Waals surface area contributed by atoms with Crippen LogP contribution in [0.1, 0.15) is 79.6 Å². The van der Waals surface area contributed by atoms with E-state index in [0.29, 0.717) is 23.9 Å². The minimum absolute atomic E-state index is 0.106. The quantitative estimate of drug-likeness (QED) is 0.383. The van der Waals surface area contributed by atoms with Crippen molar-refractivity contribution in [2.75, 3.05) is 91.6 Å². The topological polar surface area (TPSA) is 100 Å². The third-order valence-electron chi connectivity index (χ3n) is 11.3. The molecule has 10 nitrogen and oxygen atoms in total. The lowest BCUT2D eigenvalue weighted by Gasteiger charge is -2.41. The van der Waals surface area contributed by atoms with E-state index in [1.165, 1.54) is 12.0 Å². The molecule has 5 aliphatic rings. The number of nitrogens with one attached hydrogen (secondary N) is 3. The molecule has 1 aromatic rings. The van der Waals surface area contributed by atoms with Gasteiger partial charge >= 0.3 is 0 Å². The Kier molecular flexibility index (Phi) is 12.0. The Labute approximate surface area is 276 Å². The van der Waals surface area contributed by atoms with Gasteiger partial charge in [0.1, 0.15) is 6.04 Å². The molecule has 1 aliphatic carbocycles. The average Bonchev–Trinajstić information content (AvgIpc) is 3.12. The molecule has 46 heavy (non-hydrogen) atoms. The van der Waals surface area contributed by atoms with Gasteiger partial charge in [-0.25, -0.2) is 0 Å². The maximum atomic E-state index is 14.1. The number of benzene rings is 1. The van der Waals surface area contributed by atoms with Gasteiger partial charge in [0.2, 0.25) is 11.8 Å². The fourth-order valence-corrected chi connectivity index (χ4v) is 8.39. The maximum absolute atomic E-state index is 14.1. The lowest BCUT2D eigenvalue weighted by atomic mass is 9.83. The molecule has 4 heterocycles. The van der Waals surface area contributed by atoms with E-state index in [1.807, 2.05) is 28.0 Å². The van der Waals surface area contributed by atoms with Crippen molar-refractivity contribution >= 4 is 17.7 Å². The standard InChI is InChI=1S/C36H57N7O3/c44-33(42-18-14-37-15-19-42)27-40-16-11-28(12-17-40)26-41-20-22-43(23-21-41)36(46)34(29-6-2-1-3-7-29)39-35(45)31-9-4-8-30(24-31)32-10-5-13-38-25-32/h4,8-9,24,28-29,32,34,37-38H,1-3,5-7,10-23,25-27H2,(H,39,45)/t32-,34-/m1/s1. The maximum Gasteiger partial charge on any atom is 0.251 e. The number of carbonyl (C=O) groups is 3. The zero-order valence-corrected chi connectivity index (χ0v) is 27.9. The molecule has 254 valence electrons. The summed E-state index contributed by atoms with van der Waals surface area (Å²) < 4.78 is 0. The number of piperidine rings is 2. The molecule has 3 N–H and O–H groups in total. The van der Waals surface area contributed by atoms with Gasteiger partial charge in [0.15, 0.2) is 0 Å². The smallest absolute Gasteiger partial charge is 0.251 e. The van der Waals surface area contributed by atoms with E-state index < -0.39 is 6.04 Å². The van der Waals surface area contributed by atoms with Crippen LogP contribution < -0.4 is 16.0 Å². The van der Waals surface area contributed by atoms with Gasteiger partial charge in [-0.05, 0) is 93.6 Å². The van der Waals surface area contributed by atoms with Crippen LogP contribution in [0.5, 0.6) is 0 Å². The Bertz CT molecular complexity index is 1150. The van der Waals surface area contributed by atoms with Gasteiger partial charge in [0.25, 0.3) is 5.91 Å². The van der Waals surface area contributed by atoms with Gasteiger partial charge in [0.05, 0.1) is 6.54 Å². The Hall–Kier alpha value is -2.53. The van der Waals surface area contributed by atoms with Crippen molar-refractivity contribution in [2.45, 2.75) is 69.7 Å². The zero-order chi connectivity index (χ0) is 31.7. The molecule has 5 fully saturated rings. The van der Waals surface area contributed by atoms with Gasteiger partial charge in [-0.3, -0.25) is 24.2 Å². The lowest BCUT2D eigenvalue weighted by Crippen LogP contribution is -2.57. The third-order valence-corrected chi connectivity index (χ3v) is 11.3. The molecule has 1 saturated carbocycles. The monoisotopic (exact) mass is 635 g/mol. The summed E-state index contributed by atoms with van der Waals surface area (Å²) in [6.07, 6.45) is 10.0. The highest BCUT2D eigenvalue weighted by Gasteiger charge is 2.36. The van der Waals surface area contributed by atoms with Gasteiger partial charge in [-0.2, -0.15) is 0 Å². The fraction of sp³-hybridized carbons (Fsp3) is 0.750. The molecule has 0 radical (unpaired) electrons. The Morgan fingerprint density at radius 1 is 0.761 bits per heavy atom. The van der Waals surface area contributed by atoms with Crippen LogP contribution in [0.25, 0.3) is 0 Å². The summed E-state index contributed by atoms with van der Waals surface area (Å²) >= 11 is 0. The van der Waals surface area contributed by atoms with E-state index in [2.05, 4.69) is 31.8 Å². The highest BCUT2D eigenvalue weighted by molar-refractivity contribution is 5.97. The molecule has 0 unspecified atom stereocenters. The molecule has 6 rings (SSSR count). The van der Waals surface area contributed by atoms with Crippen LogP contribution in [-0.2, 0) is 9.59 Å². The van der Waals surface area contributed by atoms with Crippen LogP contribution >= 0.6 is 0 Å². The highest BCUT2D eigenvalue weighted by atomic mass is 16.2. The van der Waals surface area contributed by atoms with Crippen LogP contribution in [0.3, 0.4) is 0 Å². The predicted molar refractivity (Wildman–Crippen MR) is 181 cm³/mol. The molecule has 0 spiro atoms. The minimum Gasteiger partial charge on any atom is -0.340 e. The normalized spacial score (nSPS) is 25.3. The molecule has 4 aliphatic heterocycles. The first-order valence-corrected chi connectivity index (χ1v) is 18.4. The highest BCUT2D eigenvalue weighted by Crippen LogP contribution is 2.29. The molecular weight excluding hydrogens is 578 g/mol. The first-order valence-electron chi connectivity index (χ1n) is 18.4. The van der Waals surface area contributed by atoms with Crippen molar-refractivity contribution in [3.8, 4) is 0 Å². The van der Waals surface area contributed by atoms with E-state index >= 15 is 0 Å². The van der Waals surface area contributed by atoms with Crippen LogP contribution in [0.2, 0.25) is 0 Å². The van der Waals surface area contributed by atoms with E-state index in [1.54, 1.807) is 0 Å². The van der Waals surface area contributed by atoms with Crippen molar-refractivity contribution < 1.29 is 14.4 Å². The average molecular weight is 636 g/mol. The summed E-state index contributed by atoms with van der Waals surface area (Å²) in [5.41, 5.74) is 1.88. The SMILES string of the molecule is O=C(N[C@@H](C(=O)N1CCN(CC2CCN(CC(=O)N3CCNCC3)CC2)CC1)C1CCCCC1)c1cccc([C@@H]2CCCNC2)c1. The van der Waals surface area contributed by atoms with Crippen LogP contribution in [0.15, 0.2) is 24.3 Å². The van der Waals surface area contributed by atoms with Crippen molar-refractivity contribution in [1.82, 2.24) is 35.6 Å². The van der Waals surface area contributed by atoms with Crippen molar-refractivity contribution in [1.29, 1.82) is 0 Å². The largest absolute Gasteiger partial charge is 0.340 e. The van der Waals surface area contributed by atoms with E-state index in [-0.39, 0.29) is 23.6 Å². The van der Waals surface area contributed by atoms with Crippen molar-refractivity contribution in [3.05, 3.63) is 35.4 Å². The first kappa shape index (κ1) is 33.4. The van der Waals surface area contributed by atoms with Gasteiger partial charge in [-0.1, -0.05) is 31.4 Å². The van der Waals surface area contributed by atoms with Crippen molar-refractivity contribution in [3.63, 3.8) is 0 Å². The summed E-state index contributed by atoms with van der Waals surface area (Å²) in [5, 5.41) is 10.1. The zero-order valence-electron chi connectivity index (χ0n) is 27.9. The second-order valence-electron chi connectivity index (χ2n) is 14.5. The number of hydrogen-bond acceptors (Lipinski definition) is 7. The molecule has 3 amide bonds. The summed E-state index contributed by atoms with van der Waals surface area (Å²) in [6, 6.07) is 7.62. The molecule has 4 saturated heterocycles. The van der Waals surface area contributed by atoms with Gasteiger partial charge in [-0.15, -0.1) is 0 Å². The molecule has 0 bridgehead atoms. The Morgan fingerprint density at radius 2 is 1.52 bits per heavy atom. The minimum atomic E-state index is -0.451. The third kappa shape index (κ3) is 8.88. The Morgan fingerprint density at radius 3 is 2.24 bits per heavy atom. The summed E-state index contributed by atoms with van der Waals surface area (Å²) in [4.78, 5) is 49.3. The second kappa shape index (κ2) is 16.5. The van der Waals surface area contributed by atoms with Crippen LogP contribution in [0, 0.1) is 11.8 Å². The van der Waals surface area contributed by atoms with E-state index in [4.69, 9.17) is 0 Å². The van der Waals surface area contributed by atoms with E-state index in [9.17, 15) is 14.4 Å². The Balaban J connectivity index is 0.982. The summed E-state index contributed by atoms with van der Waals surface area (Å²) in [7, 11) is 0. The number of likely N-dealkylation sites (tertiary alicyclic amines) is 1. The second-order valence-corrected chi connectivity index (χ2v) is 14.5. The molecular formula is C36H57N7O3. The molecule has 1 aromatic carbocycles. The fourth-order valence-electron chi connectivity index (χ4n) is 8.39. The van der Waals surface area contributed by atoms with Gasteiger partial charge in [0, 0.05) is 71.0 Å². The number of carbonyl (C=O) groups excluding carboxylic acids is 3. The van der Waals surface area contributed by atoms with Crippen LogP contribution in [0.4, 0.5) is 0 Å². The number of hydrogen-bond donors (Lipinski definition) is 3. The molecule has 0 aromatic heterocycles. The first-order chi connectivity index (χ1) is 22.5. The number of amides is 3.